The monoisotopic (exact) mass is 227 g/mol. The predicted molar refractivity (Wildman–Crippen MR) is 64.5 cm³/mol. The van der Waals surface area contributed by atoms with Gasteiger partial charge in [0.2, 0.25) is 0 Å². The van der Waals surface area contributed by atoms with Crippen LogP contribution in [0.15, 0.2) is 0 Å². The summed E-state index contributed by atoms with van der Waals surface area (Å²) in [5, 5.41) is 10.00. The van der Waals surface area contributed by atoms with E-state index in [1.54, 1.807) is 0 Å². The number of nitrogens with zero attached hydrogens (tertiary/aromatic N) is 1. The van der Waals surface area contributed by atoms with Gasteiger partial charge in [0.25, 0.3) is 0 Å². The van der Waals surface area contributed by atoms with E-state index in [0.717, 1.165) is 32.4 Å². The molecule has 1 saturated heterocycles. The molecular weight excluding hydrogens is 202 g/mol. The maximum Gasteiger partial charge on any atom is 0.0760 e. The average molecular weight is 227 g/mol. The zero-order chi connectivity index (χ0) is 12.0. The molecule has 1 heterocycles. The standard InChI is InChI=1S/C13H25NO2/c1-12(2)8-14(9-13(3,4)16-12)10-6-5-7-11(10)15/h10-11,15H,5-9H2,1-4H3/t10-,11-/m0/s1. The molecule has 0 bridgehead atoms. The summed E-state index contributed by atoms with van der Waals surface area (Å²) in [6.07, 6.45) is 3.12. The highest BCUT2D eigenvalue weighted by atomic mass is 16.5. The van der Waals surface area contributed by atoms with Gasteiger partial charge in [0.05, 0.1) is 17.3 Å². The van der Waals surface area contributed by atoms with Crippen LogP contribution >= 0.6 is 0 Å². The third-order valence-electron chi connectivity index (χ3n) is 3.63. The molecule has 0 radical (unpaired) electrons. The summed E-state index contributed by atoms with van der Waals surface area (Å²) in [7, 11) is 0. The van der Waals surface area contributed by atoms with E-state index in [0.29, 0.717) is 6.04 Å². The molecule has 1 aliphatic carbocycles. The highest BCUT2D eigenvalue weighted by Crippen LogP contribution is 2.33. The summed E-state index contributed by atoms with van der Waals surface area (Å²) in [5.41, 5.74) is -0.214. The summed E-state index contributed by atoms with van der Waals surface area (Å²) >= 11 is 0. The maximum atomic E-state index is 10.00. The quantitative estimate of drug-likeness (QED) is 0.741. The van der Waals surface area contributed by atoms with Crippen LogP contribution in [0.1, 0.15) is 47.0 Å². The molecule has 3 nitrogen and oxygen atoms in total. The zero-order valence-corrected chi connectivity index (χ0v) is 11.0. The van der Waals surface area contributed by atoms with E-state index in [1.807, 2.05) is 0 Å². The number of aliphatic hydroxyl groups excluding tert-OH is 1. The molecule has 3 heteroatoms. The first-order valence-corrected chi connectivity index (χ1v) is 6.41. The smallest absolute Gasteiger partial charge is 0.0760 e. The molecule has 16 heavy (non-hydrogen) atoms. The second-order valence-corrected chi connectivity index (χ2v) is 6.59. The van der Waals surface area contributed by atoms with Crippen molar-refractivity contribution in [1.29, 1.82) is 0 Å². The van der Waals surface area contributed by atoms with E-state index in [2.05, 4.69) is 32.6 Å². The summed E-state index contributed by atoms with van der Waals surface area (Å²) in [6.45, 7) is 10.4. The third-order valence-corrected chi connectivity index (χ3v) is 3.63. The van der Waals surface area contributed by atoms with E-state index in [-0.39, 0.29) is 17.3 Å². The Balaban J connectivity index is 2.10. The van der Waals surface area contributed by atoms with Crippen LogP contribution in [0.2, 0.25) is 0 Å². The van der Waals surface area contributed by atoms with Gasteiger partial charge in [-0.1, -0.05) is 0 Å². The molecule has 1 saturated carbocycles. The second-order valence-electron chi connectivity index (χ2n) is 6.59. The van der Waals surface area contributed by atoms with Gasteiger partial charge in [-0.2, -0.15) is 0 Å². The number of hydrogen-bond donors (Lipinski definition) is 1. The van der Waals surface area contributed by atoms with Crippen LogP contribution in [0.3, 0.4) is 0 Å². The number of rotatable bonds is 1. The molecule has 0 unspecified atom stereocenters. The summed E-state index contributed by atoms with van der Waals surface area (Å²) < 4.78 is 6.06. The fraction of sp³-hybridized carbons (Fsp3) is 1.00. The van der Waals surface area contributed by atoms with Crippen LogP contribution in [0.4, 0.5) is 0 Å². The lowest BCUT2D eigenvalue weighted by Gasteiger charge is -2.49. The van der Waals surface area contributed by atoms with Crippen molar-refractivity contribution >= 4 is 0 Å². The molecule has 1 aliphatic heterocycles. The molecule has 2 atom stereocenters. The number of ether oxygens (including phenoxy) is 1. The highest BCUT2D eigenvalue weighted by Gasteiger charge is 2.42. The molecular formula is C13H25NO2. The molecule has 0 aromatic rings. The lowest BCUT2D eigenvalue weighted by molar-refractivity contribution is -0.191. The molecule has 0 aromatic heterocycles. The molecule has 94 valence electrons. The van der Waals surface area contributed by atoms with Crippen molar-refractivity contribution in [2.45, 2.75) is 70.3 Å². The fourth-order valence-corrected chi connectivity index (χ4v) is 3.43. The van der Waals surface area contributed by atoms with E-state index in [9.17, 15) is 5.11 Å². The van der Waals surface area contributed by atoms with Crippen molar-refractivity contribution in [3.63, 3.8) is 0 Å². The largest absolute Gasteiger partial charge is 0.391 e. The minimum Gasteiger partial charge on any atom is -0.391 e. The minimum atomic E-state index is -0.135. The molecule has 2 aliphatic rings. The first kappa shape index (κ1) is 12.3. The van der Waals surface area contributed by atoms with Crippen molar-refractivity contribution in [3.8, 4) is 0 Å². The Kier molecular flexibility index (Phi) is 3.06. The lowest BCUT2D eigenvalue weighted by atomic mass is 9.96. The van der Waals surface area contributed by atoms with Gasteiger partial charge >= 0.3 is 0 Å². The molecule has 0 amide bonds. The van der Waals surface area contributed by atoms with Crippen LogP contribution in [0, 0.1) is 0 Å². The topological polar surface area (TPSA) is 32.7 Å². The SMILES string of the molecule is CC1(C)CN([C@H]2CCC[C@@H]2O)CC(C)(C)O1. The summed E-state index contributed by atoms with van der Waals surface area (Å²) in [5.74, 6) is 0. The van der Waals surface area contributed by atoms with E-state index >= 15 is 0 Å². The van der Waals surface area contributed by atoms with Crippen molar-refractivity contribution in [2.75, 3.05) is 13.1 Å². The van der Waals surface area contributed by atoms with Crippen LogP contribution < -0.4 is 0 Å². The van der Waals surface area contributed by atoms with Crippen molar-refractivity contribution < 1.29 is 9.84 Å². The van der Waals surface area contributed by atoms with E-state index in [4.69, 9.17) is 4.74 Å². The van der Waals surface area contributed by atoms with Crippen LogP contribution in [0.25, 0.3) is 0 Å². The third kappa shape index (κ3) is 2.58. The second kappa shape index (κ2) is 3.97. The number of hydrogen-bond acceptors (Lipinski definition) is 3. The number of aliphatic hydroxyl groups is 1. The highest BCUT2D eigenvalue weighted by molar-refractivity contribution is 4.95. The molecule has 0 spiro atoms. The van der Waals surface area contributed by atoms with Gasteiger partial charge in [0.1, 0.15) is 0 Å². The molecule has 2 fully saturated rings. The summed E-state index contributed by atoms with van der Waals surface area (Å²) in [6, 6.07) is 0.349. The first-order valence-electron chi connectivity index (χ1n) is 6.41. The van der Waals surface area contributed by atoms with Gasteiger partial charge in [0.15, 0.2) is 0 Å². The Morgan fingerprint density at radius 3 is 2.06 bits per heavy atom. The van der Waals surface area contributed by atoms with Gasteiger partial charge in [-0.3, -0.25) is 4.90 Å². The zero-order valence-electron chi connectivity index (χ0n) is 11.0. The van der Waals surface area contributed by atoms with Gasteiger partial charge in [-0.05, 0) is 47.0 Å². The molecule has 2 rings (SSSR count). The predicted octanol–water partition coefficient (Wildman–Crippen LogP) is 1.79. The van der Waals surface area contributed by atoms with Crippen molar-refractivity contribution in [2.24, 2.45) is 0 Å². The average Bonchev–Trinajstić information content (AvgIpc) is 2.45. The van der Waals surface area contributed by atoms with Gasteiger partial charge in [-0.15, -0.1) is 0 Å². The first-order chi connectivity index (χ1) is 7.29. The fourth-order valence-electron chi connectivity index (χ4n) is 3.43. The van der Waals surface area contributed by atoms with Crippen LogP contribution in [-0.4, -0.2) is 46.4 Å². The Hall–Kier alpha value is -0.120. The van der Waals surface area contributed by atoms with Gasteiger partial charge in [-0.25, -0.2) is 0 Å². The Bertz CT molecular complexity index is 247. The minimum absolute atomic E-state index is 0.107. The van der Waals surface area contributed by atoms with E-state index in [1.165, 1.54) is 0 Å². The van der Waals surface area contributed by atoms with E-state index < -0.39 is 0 Å². The molecule has 1 N–H and O–H groups in total. The van der Waals surface area contributed by atoms with Crippen molar-refractivity contribution in [1.82, 2.24) is 4.90 Å². The maximum absolute atomic E-state index is 10.00. The molecule has 0 aromatic carbocycles. The number of morpholine rings is 1. The normalized spacial score (nSPS) is 38.8. The van der Waals surface area contributed by atoms with Gasteiger partial charge < -0.3 is 9.84 Å². The Morgan fingerprint density at radius 2 is 1.62 bits per heavy atom. The van der Waals surface area contributed by atoms with Gasteiger partial charge in [0, 0.05) is 19.1 Å². The van der Waals surface area contributed by atoms with Crippen LogP contribution in [-0.2, 0) is 4.74 Å². The van der Waals surface area contributed by atoms with Crippen molar-refractivity contribution in [3.05, 3.63) is 0 Å². The summed E-state index contributed by atoms with van der Waals surface area (Å²) in [4.78, 5) is 2.43. The Labute approximate surface area is 98.8 Å². The lowest BCUT2D eigenvalue weighted by Crippen LogP contribution is -2.60. The Morgan fingerprint density at radius 1 is 1.06 bits per heavy atom. The van der Waals surface area contributed by atoms with Crippen LogP contribution in [0.5, 0.6) is 0 Å².